The van der Waals surface area contributed by atoms with Gasteiger partial charge in [0.05, 0.1) is 12.7 Å². The van der Waals surface area contributed by atoms with Crippen LogP contribution in [0.5, 0.6) is 0 Å². The van der Waals surface area contributed by atoms with E-state index in [9.17, 15) is 0 Å². The molecule has 0 aromatic heterocycles. The summed E-state index contributed by atoms with van der Waals surface area (Å²) in [6.45, 7) is 3.13. The van der Waals surface area contributed by atoms with Crippen LogP contribution in [0.15, 0.2) is 24.3 Å². The van der Waals surface area contributed by atoms with Gasteiger partial charge < -0.3 is 15.5 Å². The third-order valence-corrected chi connectivity index (χ3v) is 1.94. The number of rotatable bonds is 5. The molecule has 1 rings (SSSR count). The molecule has 0 amide bonds. The maximum Gasteiger partial charge on any atom is 0.0681 e. The summed E-state index contributed by atoms with van der Waals surface area (Å²) in [5, 5.41) is 21.1. The summed E-state index contributed by atoms with van der Waals surface area (Å²) in [4.78, 5) is 0. The van der Waals surface area contributed by atoms with Crippen LogP contribution in [0.1, 0.15) is 18.1 Å². The van der Waals surface area contributed by atoms with Gasteiger partial charge in [0.2, 0.25) is 0 Å². The van der Waals surface area contributed by atoms with Gasteiger partial charge in [-0.2, -0.15) is 0 Å². The highest BCUT2D eigenvalue weighted by Gasteiger charge is 1.97. The van der Waals surface area contributed by atoms with Crippen LogP contribution in [-0.4, -0.2) is 22.9 Å². The molecule has 0 heterocycles. The maximum atomic E-state index is 9.03. The first-order chi connectivity index (χ1) is 6.72. The van der Waals surface area contributed by atoms with Crippen molar-refractivity contribution in [3.05, 3.63) is 35.4 Å². The van der Waals surface area contributed by atoms with E-state index in [1.807, 2.05) is 24.3 Å². The summed E-state index contributed by atoms with van der Waals surface area (Å²) in [6, 6.07) is 7.76. The topological polar surface area (TPSA) is 52.5 Å². The van der Waals surface area contributed by atoms with Crippen LogP contribution in [0.4, 0.5) is 0 Å². The Morgan fingerprint density at radius 2 is 2.07 bits per heavy atom. The molecule has 1 aromatic rings. The third kappa shape index (κ3) is 3.87. The van der Waals surface area contributed by atoms with Crippen molar-refractivity contribution in [3.8, 4) is 0 Å². The number of aliphatic hydroxyl groups excluding tert-OH is 2. The van der Waals surface area contributed by atoms with Crippen LogP contribution < -0.4 is 5.32 Å². The van der Waals surface area contributed by atoms with Gasteiger partial charge in [-0.1, -0.05) is 24.3 Å². The Hall–Kier alpha value is -0.900. The summed E-state index contributed by atoms with van der Waals surface area (Å²) < 4.78 is 0. The quantitative estimate of drug-likeness (QED) is 0.646. The van der Waals surface area contributed by atoms with E-state index < -0.39 is 0 Å². The SMILES string of the molecule is CC(O)CNCc1cccc(CO)c1. The summed E-state index contributed by atoms with van der Waals surface area (Å²) in [6.07, 6.45) is -0.323. The first-order valence-corrected chi connectivity index (χ1v) is 4.80. The summed E-state index contributed by atoms with van der Waals surface area (Å²) in [7, 11) is 0. The molecule has 1 unspecified atom stereocenters. The molecule has 78 valence electrons. The van der Waals surface area contributed by atoms with E-state index >= 15 is 0 Å². The zero-order valence-electron chi connectivity index (χ0n) is 8.40. The van der Waals surface area contributed by atoms with Crippen molar-refractivity contribution in [2.45, 2.75) is 26.2 Å². The summed E-state index contributed by atoms with van der Waals surface area (Å²) >= 11 is 0. The summed E-state index contributed by atoms with van der Waals surface area (Å²) in [5.41, 5.74) is 2.04. The van der Waals surface area contributed by atoms with Gasteiger partial charge in [0, 0.05) is 13.1 Å². The van der Waals surface area contributed by atoms with Gasteiger partial charge in [-0.25, -0.2) is 0 Å². The molecule has 3 N–H and O–H groups in total. The van der Waals surface area contributed by atoms with E-state index in [-0.39, 0.29) is 12.7 Å². The molecule has 0 aliphatic rings. The highest BCUT2D eigenvalue weighted by Crippen LogP contribution is 2.04. The van der Waals surface area contributed by atoms with E-state index in [4.69, 9.17) is 10.2 Å². The van der Waals surface area contributed by atoms with Crippen molar-refractivity contribution in [2.75, 3.05) is 6.54 Å². The number of nitrogens with one attached hydrogen (secondary N) is 1. The molecular formula is C11H17NO2. The molecule has 0 spiro atoms. The third-order valence-electron chi connectivity index (χ3n) is 1.94. The van der Waals surface area contributed by atoms with Crippen molar-refractivity contribution in [1.29, 1.82) is 0 Å². The lowest BCUT2D eigenvalue weighted by Crippen LogP contribution is -2.23. The first kappa shape index (κ1) is 11.2. The van der Waals surface area contributed by atoms with Gasteiger partial charge in [0.1, 0.15) is 0 Å². The van der Waals surface area contributed by atoms with E-state index in [0.29, 0.717) is 6.54 Å². The van der Waals surface area contributed by atoms with Gasteiger partial charge in [-0.05, 0) is 18.1 Å². The van der Waals surface area contributed by atoms with Crippen molar-refractivity contribution in [2.24, 2.45) is 0 Å². The maximum absolute atomic E-state index is 9.03. The van der Waals surface area contributed by atoms with Gasteiger partial charge in [-0.3, -0.25) is 0 Å². The Labute approximate surface area is 84.4 Å². The minimum absolute atomic E-state index is 0.0737. The number of benzene rings is 1. The molecule has 14 heavy (non-hydrogen) atoms. The predicted molar refractivity (Wildman–Crippen MR) is 55.8 cm³/mol. The zero-order chi connectivity index (χ0) is 10.4. The Balaban J connectivity index is 2.42. The largest absolute Gasteiger partial charge is 0.392 e. The fraction of sp³-hybridized carbons (Fsp3) is 0.455. The lowest BCUT2D eigenvalue weighted by molar-refractivity contribution is 0.191. The molecule has 3 nitrogen and oxygen atoms in total. The number of hydrogen-bond acceptors (Lipinski definition) is 3. The molecular weight excluding hydrogens is 178 g/mol. The highest BCUT2D eigenvalue weighted by atomic mass is 16.3. The van der Waals surface area contributed by atoms with Crippen LogP contribution >= 0.6 is 0 Å². The molecule has 0 aliphatic carbocycles. The Kier molecular flexibility index (Phi) is 4.59. The van der Waals surface area contributed by atoms with Crippen molar-refractivity contribution in [3.63, 3.8) is 0 Å². The average Bonchev–Trinajstić information content (AvgIpc) is 2.18. The number of aliphatic hydroxyl groups is 2. The fourth-order valence-electron chi connectivity index (χ4n) is 1.26. The molecule has 3 heteroatoms. The molecule has 0 saturated carbocycles. The molecule has 0 radical (unpaired) electrons. The van der Waals surface area contributed by atoms with Gasteiger partial charge in [0.25, 0.3) is 0 Å². The first-order valence-electron chi connectivity index (χ1n) is 4.80. The van der Waals surface area contributed by atoms with Gasteiger partial charge in [0.15, 0.2) is 0 Å². The molecule has 0 fully saturated rings. The number of hydrogen-bond donors (Lipinski definition) is 3. The lowest BCUT2D eigenvalue weighted by atomic mass is 10.1. The average molecular weight is 195 g/mol. The van der Waals surface area contributed by atoms with Crippen LogP contribution in [0.3, 0.4) is 0 Å². The Morgan fingerprint density at radius 1 is 1.36 bits per heavy atom. The van der Waals surface area contributed by atoms with Crippen molar-refractivity contribution in [1.82, 2.24) is 5.32 Å². The fourth-order valence-corrected chi connectivity index (χ4v) is 1.26. The standard InChI is InChI=1S/C11H17NO2/c1-9(14)6-12-7-10-3-2-4-11(5-10)8-13/h2-5,9,12-14H,6-8H2,1H3. The predicted octanol–water partition coefficient (Wildman–Crippen LogP) is 0.649. The van der Waals surface area contributed by atoms with Crippen molar-refractivity contribution < 1.29 is 10.2 Å². The van der Waals surface area contributed by atoms with Gasteiger partial charge >= 0.3 is 0 Å². The molecule has 1 aromatic carbocycles. The van der Waals surface area contributed by atoms with Crippen LogP contribution in [0.2, 0.25) is 0 Å². The second-order valence-corrected chi connectivity index (χ2v) is 3.46. The molecule has 1 atom stereocenters. The second kappa shape index (κ2) is 5.75. The summed E-state index contributed by atoms with van der Waals surface area (Å²) in [5.74, 6) is 0. The van der Waals surface area contributed by atoms with E-state index in [2.05, 4.69) is 5.32 Å². The van der Waals surface area contributed by atoms with Crippen LogP contribution in [-0.2, 0) is 13.2 Å². The molecule has 0 saturated heterocycles. The second-order valence-electron chi connectivity index (χ2n) is 3.46. The smallest absolute Gasteiger partial charge is 0.0681 e. The molecule has 0 aliphatic heterocycles. The monoisotopic (exact) mass is 195 g/mol. The van der Waals surface area contributed by atoms with E-state index in [1.54, 1.807) is 6.92 Å². The van der Waals surface area contributed by atoms with E-state index in [1.165, 1.54) is 0 Å². The van der Waals surface area contributed by atoms with Crippen molar-refractivity contribution >= 4 is 0 Å². The van der Waals surface area contributed by atoms with Crippen LogP contribution in [0, 0.1) is 0 Å². The minimum Gasteiger partial charge on any atom is -0.392 e. The Morgan fingerprint density at radius 3 is 2.71 bits per heavy atom. The molecule has 0 bridgehead atoms. The lowest BCUT2D eigenvalue weighted by Gasteiger charge is -2.07. The normalized spacial score (nSPS) is 12.8. The van der Waals surface area contributed by atoms with Gasteiger partial charge in [-0.15, -0.1) is 0 Å². The minimum atomic E-state index is -0.323. The highest BCUT2D eigenvalue weighted by molar-refractivity contribution is 5.22. The van der Waals surface area contributed by atoms with E-state index in [0.717, 1.165) is 17.7 Å². The van der Waals surface area contributed by atoms with Crippen LogP contribution in [0.25, 0.3) is 0 Å². The zero-order valence-corrected chi connectivity index (χ0v) is 8.40. The Bertz CT molecular complexity index is 274.